The van der Waals surface area contributed by atoms with Crippen LogP contribution < -0.4 is 10.2 Å². The van der Waals surface area contributed by atoms with Crippen molar-refractivity contribution in [1.29, 1.82) is 0 Å². The molecule has 1 saturated heterocycles. The van der Waals surface area contributed by atoms with Gasteiger partial charge in [0.15, 0.2) is 0 Å². The molecule has 1 amide bonds. The van der Waals surface area contributed by atoms with Gasteiger partial charge in [0, 0.05) is 35.9 Å². The number of benzene rings is 1. The van der Waals surface area contributed by atoms with Crippen LogP contribution in [-0.4, -0.2) is 24.0 Å². The van der Waals surface area contributed by atoms with Gasteiger partial charge in [-0.1, -0.05) is 12.1 Å². The van der Waals surface area contributed by atoms with E-state index in [2.05, 4.69) is 21.3 Å². The number of carbonyl (C=O) groups excluding carboxylic acids is 1. The number of piperidine rings is 1. The van der Waals surface area contributed by atoms with Gasteiger partial charge >= 0.3 is 6.18 Å². The van der Waals surface area contributed by atoms with Gasteiger partial charge in [0.05, 0.1) is 11.5 Å². The molecule has 1 unspecified atom stereocenters. The molecule has 1 aliphatic rings. The third kappa shape index (κ3) is 4.37. The van der Waals surface area contributed by atoms with Crippen LogP contribution in [0.5, 0.6) is 0 Å². The van der Waals surface area contributed by atoms with Crippen molar-refractivity contribution in [3.63, 3.8) is 0 Å². The number of thiophene rings is 1. The summed E-state index contributed by atoms with van der Waals surface area (Å²) in [6.45, 7) is 1.65. The van der Waals surface area contributed by atoms with E-state index in [4.69, 9.17) is 0 Å². The molecular weight excluding hydrogens is 399 g/mol. The fourth-order valence-corrected chi connectivity index (χ4v) is 4.44. The van der Waals surface area contributed by atoms with Gasteiger partial charge in [0.1, 0.15) is 5.82 Å². The van der Waals surface area contributed by atoms with Crippen LogP contribution in [0.1, 0.15) is 24.0 Å². The molecule has 1 atom stereocenters. The first kappa shape index (κ1) is 19.7. The first-order valence-corrected chi connectivity index (χ1v) is 10.3. The molecule has 4 nitrogen and oxygen atoms in total. The molecule has 1 aliphatic heterocycles. The summed E-state index contributed by atoms with van der Waals surface area (Å²) in [6.07, 6.45) is -0.884. The molecule has 3 heterocycles. The summed E-state index contributed by atoms with van der Waals surface area (Å²) >= 11 is 1.66. The van der Waals surface area contributed by atoms with Gasteiger partial charge in [0.2, 0.25) is 5.91 Å². The minimum Gasteiger partial charge on any atom is -0.355 e. The maximum absolute atomic E-state index is 12.7. The number of anilines is 1. The van der Waals surface area contributed by atoms with Crippen LogP contribution in [0.2, 0.25) is 0 Å². The van der Waals surface area contributed by atoms with Crippen LogP contribution in [0.15, 0.2) is 48.0 Å². The Bertz CT molecular complexity index is 1000. The summed E-state index contributed by atoms with van der Waals surface area (Å²) in [5.74, 6) is 0.657. The highest BCUT2D eigenvalue weighted by molar-refractivity contribution is 7.17. The second kappa shape index (κ2) is 8.02. The maximum Gasteiger partial charge on any atom is 0.416 e. The zero-order valence-electron chi connectivity index (χ0n) is 15.6. The molecule has 29 heavy (non-hydrogen) atoms. The largest absolute Gasteiger partial charge is 0.416 e. The number of alkyl halides is 3. The minimum atomic E-state index is -4.35. The number of nitrogens with one attached hydrogen (secondary N) is 1. The van der Waals surface area contributed by atoms with E-state index in [0.717, 1.165) is 42.7 Å². The second-order valence-corrected chi connectivity index (χ2v) is 8.11. The molecule has 1 fully saturated rings. The van der Waals surface area contributed by atoms with Gasteiger partial charge in [-0.25, -0.2) is 4.98 Å². The summed E-state index contributed by atoms with van der Waals surface area (Å²) in [7, 11) is 0. The van der Waals surface area contributed by atoms with Gasteiger partial charge < -0.3 is 10.2 Å². The smallest absolute Gasteiger partial charge is 0.355 e. The molecule has 8 heteroatoms. The van der Waals surface area contributed by atoms with Gasteiger partial charge in [-0.3, -0.25) is 4.79 Å². The molecule has 0 bridgehead atoms. The number of fused-ring (bicyclic) bond motifs is 1. The molecule has 2 aromatic heterocycles. The first-order valence-electron chi connectivity index (χ1n) is 9.43. The molecule has 0 saturated carbocycles. The van der Waals surface area contributed by atoms with E-state index >= 15 is 0 Å². The van der Waals surface area contributed by atoms with Crippen LogP contribution in [0.4, 0.5) is 19.0 Å². The van der Waals surface area contributed by atoms with Crippen molar-refractivity contribution in [2.45, 2.75) is 25.6 Å². The predicted octanol–water partition coefficient (Wildman–Crippen LogP) is 4.85. The molecule has 1 N–H and O–H groups in total. The van der Waals surface area contributed by atoms with E-state index in [9.17, 15) is 18.0 Å². The van der Waals surface area contributed by atoms with Gasteiger partial charge in [-0.05, 0) is 48.1 Å². The SMILES string of the molecule is O=C(NCc1ccc(C(F)(F)F)cc1)C1CCCN(c2nccc3sccc23)C1. The number of amides is 1. The van der Waals surface area contributed by atoms with E-state index in [1.165, 1.54) is 16.8 Å². The van der Waals surface area contributed by atoms with Crippen molar-refractivity contribution < 1.29 is 18.0 Å². The Morgan fingerprint density at radius 2 is 2.00 bits per heavy atom. The monoisotopic (exact) mass is 419 g/mol. The number of nitrogens with zero attached hydrogens (tertiary/aromatic N) is 2. The van der Waals surface area contributed by atoms with Crippen LogP contribution in [-0.2, 0) is 17.5 Å². The molecule has 1 aromatic carbocycles. The van der Waals surface area contributed by atoms with Crippen molar-refractivity contribution >= 4 is 33.1 Å². The van der Waals surface area contributed by atoms with E-state index in [-0.39, 0.29) is 18.4 Å². The predicted molar refractivity (Wildman–Crippen MR) is 108 cm³/mol. The lowest BCUT2D eigenvalue weighted by Gasteiger charge is -2.33. The van der Waals surface area contributed by atoms with Crippen molar-refractivity contribution in [3.05, 3.63) is 59.1 Å². The maximum atomic E-state index is 12.7. The zero-order valence-corrected chi connectivity index (χ0v) is 16.4. The highest BCUT2D eigenvalue weighted by Crippen LogP contribution is 2.31. The van der Waals surface area contributed by atoms with E-state index in [1.54, 1.807) is 17.5 Å². The van der Waals surface area contributed by atoms with Crippen LogP contribution in [0.25, 0.3) is 10.1 Å². The Balaban J connectivity index is 1.38. The second-order valence-electron chi connectivity index (χ2n) is 7.16. The molecule has 4 rings (SSSR count). The van der Waals surface area contributed by atoms with Crippen LogP contribution in [0.3, 0.4) is 0 Å². The Morgan fingerprint density at radius 1 is 1.21 bits per heavy atom. The third-order valence-corrected chi connectivity index (χ3v) is 6.08. The van der Waals surface area contributed by atoms with E-state index < -0.39 is 11.7 Å². The highest BCUT2D eigenvalue weighted by atomic mass is 32.1. The van der Waals surface area contributed by atoms with Crippen molar-refractivity contribution in [2.24, 2.45) is 5.92 Å². The Kier molecular flexibility index (Phi) is 5.45. The van der Waals surface area contributed by atoms with Crippen molar-refractivity contribution in [1.82, 2.24) is 10.3 Å². The van der Waals surface area contributed by atoms with Gasteiger partial charge in [-0.15, -0.1) is 11.3 Å². The topological polar surface area (TPSA) is 45.2 Å². The molecule has 0 spiro atoms. The minimum absolute atomic E-state index is 0.0768. The fourth-order valence-electron chi connectivity index (χ4n) is 3.66. The van der Waals surface area contributed by atoms with Crippen molar-refractivity contribution in [2.75, 3.05) is 18.0 Å². The van der Waals surface area contributed by atoms with Crippen LogP contribution >= 0.6 is 11.3 Å². The lowest BCUT2D eigenvalue weighted by atomic mass is 9.96. The average molecular weight is 419 g/mol. The zero-order chi connectivity index (χ0) is 20.4. The van der Waals surface area contributed by atoms with E-state index in [1.807, 2.05) is 11.4 Å². The number of carbonyl (C=O) groups is 1. The normalized spacial score (nSPS) is 17.5. The molecule has 152 valence electrons. The number of halogens is 3. The quantitative estimate of drug-likeness (QED) is 0.658. The van der Waals surface area contributed by atoms with Crippen LogP contribution in [0, 0.1) is 5.92 Å². The van der Waals surface area contributed by atoms with Gasteiger partial charge in [0.25, 0.3) is 0 Å². The third-order valence-electron chi connectivity index (χ3n) is 5.20. The number of hydrogen-bond acceptors (Lipinski definition) is 4. The van der Waals surface area contributed by atoms with Gasteiger partial charge in [-0.2, -0.15) is 13.2 Å². The number of aromatic nitrogens is 1. The number of hydrogen-bond donors (Lipinski definition) is 1. The fraction of sp³-hybridized carbons (Fsp3) is 0.333. The summed E-state index contributed by atoms with van der Waals surface area (Å²) in [6, 6.07) is 8.92. The lowest BCUT2D eigenvalue weighted by Crippen LogP contribution is -2.43. The lowest BCUT2D eigenvalue weighted by molar-refractivity contribution is -0.137. The Morgan fingerprint density at radius 3 is 2.76 bits per heavy atom. The first-order chi connectivity index (χ1) is 13.9. The standard InChI is InChI=1S/C21H20F3N3OS/c22-21(23,24)16-5-3-14(4-6-16)12-26-20(28)15-2-1-10-27(13-15)19-17-8-11-29-18(17)7-9-25-19/h3-9,11,15H,1-2,10,12-13H2,(H,26,28). The summed E-state index contributed by atoms with van der Waals surface area (Å²) in [5, 5.41) is 6.00. The average Bonchev–Trinajstić information content (AvgIpc) is 3.20. The molecule has 3 aromatic rings. The Hall–Kier alpha value is -2.61. The molecule has 0 aliphatic carbocycles. The molecule has 0 radical (unpaired) electrons. The summed E-state index contributed by atoms with van der Waals surface area (Å²) < 4.78 is 39.1. The van der Waals surface area contributed by atoms with E-state index in [0.29, 0.717) is 12.1 Å². The number of pyridine rings is 1. The molecular formula is C21H20F3N3OS. The van der Waals surface area contributed by atoms with Crippen molar-refractivity contribution in [3.8, 4) is 0 Å². The highest BCUT2D eigenvalue weighted by Gasteiger charge is 2.30. The Labute approximate surface area is 170 Å². The summed E-state index contributed by atoms with van der Waals surface area (Å²) in [4.78, 5) is 19.3. The summed E-state index contributed by atoms with van der Waals surface area (Å²) in [5.41, 5.74) is -0.0469. The number of rotatable bonds is 4.